The van der Waals surface area contributed by atoms with Gasteiger partial charge in [-0.1, -0.05) is 26.2 Å². The third-order valence-electron chi connectivity index (χ3n) is 3.30. The summed E-state index contributed by atoms with van der Waals surface area (Å²) in [6.07, 6.45) is 5.87. The number of aromatic nitrogens is 4. The molecule has 1 aromatic heterocycles. The van der Waals surface area contributed by atoms with Crippen LogP contribution >= 0.6 is 0 Å². The molecule has 1 saturated heterocycles. The fourth-order valence-corrected chi connectivity index (χ4v) is 2.15. The van der Waals surface area contributed by atoms with Gasteiger partial charge in [-0.3, -0.25) is 0 Å². The number of aryl methyl sites for hydroxylation is 1. The second kappa shape index (κ2) is 5.49. The summed E-state index contributed by atoms with van der Waals surface area (Å²) in [5, 5.41) is 15.6. The summed E-state index contributed by atoms with van der Waals surface area (Å²) in [5.74, 6) is 0. The maximum absolute atomic E-state index is 5.27. The Labute approximate surface area is 102 Å². The second-order valence-electron chi connectivity index (χ2n) is 5.04. The van der Waals surface area contributed by atoms with Gasteiger partial charge in [-0.25, -0.2) is 0 Å². The lowest BCUT2D eigenvalue weighted by atomic mass is 9.83. The first-order valence-electron chi connectivity index (χ1n) is 6.39. The number of ether oxygens (including phenoxy) is 1. The Morgan fingerprint density at radius 1 is 1.12 bits per heavy atom. The summed E-state index contributed by atoms with van der Waals surface area (Å²) < 4.78 is 5.27. The predicted molar refractivity (Wildman–Crippen MR) is 63.6 cm³/mol. The molecular formula is C12H20N4O. The molecule has 17 heavy (non-hydrogen) atoms. The van der Waals surface area contributed by atoms with Crippen LogP contribution in [0.1, 0.15) is 50.9 Å². The third kappa shape index (κ3) is 2.77. The molecule has 0 unspecified atom stereocenters. The zero-order chi connectivity index (χ0) is 12.1. The van der Waals surface area contributed by atoms with Crippen molar-refractivity contribution in [2.24, 2.45) is 0 Å². The van der Waals surface area contributed by atoms with Crippen molar-refractivity contribution in [3.8, 4) is 0 Å². The molecule has 0 spiro atoms. The van der Waals surface area contributed by atoms with Gasteiger partial charge < -0.3 is 4.74 Å². The number of unbranched alkanes of at least 4 members (excludes halogenated alkanes) is 3. The van der Waals surface area contributed by atoms with Crippen LogP contribution in [0.25, 0.3) is 0 Å². The highest BCUT2D eigenvalue weighted by atomic mass is 16.5. The summed E-state index contributed by atoms with van der Waals surface area (Å²) >= 11 is 0. The van der Waals surface area contributed by atoms with E-state index in [9.17, 15) is 0 Å². The molecule has 0 radical (unpaired) electrons. The minimum Gasteiger partial charge on any atom is -0.379 e. The van der Waals surface area contributed by atoms with Crippen molar-refractivity contribution in [2.75, 3.05) is 13.2 Å². The van der Waals surface area contributed by atoms with Crippen LogP contribution in [0.3, 0.4) is 0 Å². The summed E-state index contributed by atoms with van der Waals surface area (Å²) in [6.45, 7) is 5.80. The number of hydrogen-bond donors (Lipinski definition) is 0. The maximum atomic E-state index is 5.27. The lowest BCUT2D eigenvalue weighted by molar-refractivity contribution is -0.0534. The van der Waals surface area contributed by atoms with Crippen LogP contribution in [0.15, 0.2) is 0 Å². The fraction of sp³-hybridized carbons (Fsp3) is 0.833. The van der Waals surface area contributed by atoms with E-state index in [2.05, 4.69) is 34.5 Å². The molecule has 0 N–H and O–H groups in total. The molecule has 2 rings (SSSR count). The molecule has 0 amide bonds. The molecule has 2 heterocycles. The molecule has 1 aromatic rings. The molecule has 0 aromatic carbocycles. The average Bonchev–Trinajstić information content (AvgIpc) is 2.32. The first kappa shape index (κ1) is 12.4. The Hall–Kier alpha value is -1.10. The van der Waals surface area contributed by atoms with Gasteiger partial charge in [0, 0.05) is 0 Å². The molecule has 1 aliphatic rings. The van der Waals surface area contributed by atoms with Crippen LogP contribution in [0.5, 0.6) is 0 Å². The SMILES string of the molecule is CCCCCCc1nnnnc1C1(C)COC1. The van der Waals surface area contributed by atoms with Gasteiger partial charge in [0.15, 0.2) is 0 Å². The Morgan fingerprint density at radius 3 is 2.53 bits per heavy atom. The molecule has 1 fully saturated rings. The van der Waals surface area contributed by atoms with Gasteiger partial charge in [0.1, 0.15) is 0 Å². The van der Waals surface area contributed by atoms with E-state index in [4.69, 9.17) is 4.74 Å². The van der Waals surface area contributed by atoms with Gasteiger partial charge in [-0.15, -0.1) is 10.2 Å². The van der Waals surface area contributed by atoms with Gasteiger partial charge >= 0.3 is 0 Å². The zero-order valence-electron chi connectivity index (χ0n) is 10.6. The largest absolute Gasteiger partial charge is 0.379 e. The van der Waals surface area contributed by atoms with Gasteiger partial charge in [0.25, 0.3) is 0 Å². The molecular weight excluding hydrogens is 216 g/mol. The topological polar surface area (TPSA) is 60.8 Å². The number of nitrogens with zero attached hydrogens (tertiary/aromatic N) is 4. The normalized spacial score (nSPS) is 17.8. The quantitative estimate of drug-likeness (QED) is 0.703. The van der Waals surface area contributed by atoms with E-state index in [1.165, 1.54) is 19.3 Å². The number of hydrogen-bond acceptors (Lipinski definition) is 5. The molecule has 1 aliphatic heterocycles. The molecule has 0 saturated carbocycles. The Bertz CT molecular complexity index is 365. The van der Waals surface area contributed by atoms with Crippen LogP contribution in [-0.2, 0) is 16.6 Å². The van der Waals surface area contributed by atoms with Crippen molar-refractivity contribution in [1.82, 2.24) is 20.6 Å². The van der Waals surface area contributed by atoms with E-state index in [-0.39, 0.29) is 5.41 Å². The van der Waals surface area contributed by atoms with Crippen molar-refractivity contribution in [2.45, 2.75) is 51.4 Å². The van der Waals surface area contributed by atoms with Gasteiger partial charge in [-0.2, -0.15) is 0 Å². The van der Waals surface area contributed by atoms with Crippen molar-refractivity contribution in [3.63, 3.8) is 0 Å². The first-order chi connectivity index (χ1) is 8.26. The van der Waals surface area contributed by atoms with Gasteiger partial charge in [0.05, 0.1) is 30.0 Å². The summed E-state index contributed by atoms with van der Waals surface area (Å²) in [4.78, 5) is 0. The molecule has 0 bridgehead atoms. The summed E-state index contributed by atoms with van der Waals surface area (Å²) in [7, 11) is 0. The van der Waals surface area contributed by atoms with E-state index < -0.39 is 0 Å². The van der Waals surface area contributed by atoms with E-state index in [1.807, 2.05) is 0 Å². The minimum atomic E-state index is 0.00301. The highest BCUT2D eigenvalue weighted by Gasteiger charge is 2.39. The van der Waals surface area contributed by atoms with Crippen LogP contribution in [0.2, 0.25) is 0 Å². The highest BCUT2D eigenvalue weighted by Crippen LogP contribution is 2.31. The van der Waals surface area contributed by atoms with E-state index >= 15 is 0 Å². The Morgan fingerprint density at radius 2 is 1.88 bits per heavy atom. The first-order valence-corrected chi connectivity index (χ1v) is 6.39. The standard InChI is InChI=1S/C12H20N4O/c1-3-4-5-6-7-10-11(14-16-15-13-10)12(2)8-17-9-12/h3-9H2,1-2H3. The predicted octanol–water partition coefficient (Wildman–Crippen LogP) is 1.68. The Kier molecular flexibility index (Phi) is 3.99. The smallest absolute Gasteiger partial charge is 0.0988 e. The van der Waals surface area contributed by atoms with Crippen molar-refractivity contribution in [3.05, 3.63) is 11.4 Å². The third-order valence-corrected chi connectivity index (χ3v) is 3.30. The molecule has 94 valence electrons. The summed E-state index contributed by atoms with van der Waals surface area (Å²) in [5.41, 5.74) is 1.99. The van der Waals surface area contributed by atoms with Crippen molar-refractivity contribution < 1.29 is 4.74 Å². The lowest BCUT2D eigenvalue weighted by Crippen LogP contribution is -2.45. The van der Waals surface area contributed by atoms with Gasteiger partial charge in [0.2, 0.25) is 0 Å². The zero-order valence-corrected chi connectivity index (χ0v) is 10.6. The number of rotatable bonds is 6. The van der Waals surface area contributed by atoms with E-state index in [0.29, 0.717) is 0 Å². The molecule has 0 atom stereocenters. The maximum Gasteiger partial charge on any atom is 0.0988 e. The Balaban J connectivity index is 2.01. The monoisotopic (exact) mass is 236 g/mol. The van der Waals surface area contributed by atoms with Crippen molar-refractivity contribution >= 4 is 0 Å². The second-order valence-corrected chi connectivity index (χ2v) is 5.04. The lowest BCUT2D eigenvalue weighted by Gasteiger charge is -2.37. The molecule has 5 heteroatoms. The fourth-order valence-electron chi connectivity index (χ4n) is 2.15. The molecule has 5 nitrogen and oxygen atoms in total. The molecule has 0 aliphatic carbocycles. The van der Waals surface area contributed by atoms with Crippen LogP contribution < -0.4 is 0 Å². The van der Waals surface area contributed by atoms with E-state index in [1.54, 1.807) is 0 Å². The van der Waals surface area contributed by atoms with Crippen LogP contribution in [0, 0.1) is 0 Å². The van der Waals surface area contributed by atoms with Crippen LogP contribution in [-0.4, -0.2) is 33.8 Å². The minimum absolute atomic E-state index is 0.00301. The van der Waals surface area contributed by atoms with E-state index in [0.717, 1.165) is 37.4 Å². The highest BCUT2D eigenvalue weighted by molar-refractivity contribution is 5.22. The summed E-state index contributed by atoms with van der Waals surface area (Å²) in [6, 6.07) is 0. The van der Waals surface area contributed by atoms with Gasteiger partial charge in [-0.05, 0) is 30.2 Å². The van der Waals surface area contributed by atoms with Crippen molar-refractivity contribution in [1.29, 1.82) is 0 Å². The average molecular weight is 236 g/mol. The van der Waals surface area contributed by atoms with Crippen LogP contribution in [0.4, 0.5) is 0 Å².